The standard InChI is InChI=1S/C23H28F2N2O6/c1-5-31-17-10-8-16(12-20(17)32-6-2)22(29)26-13-21(28)27(3)14-15-7-9-18(33-23(24)25)19(11-15)30-4/h7-12,23H,5-6,13-14H2,1-4H3,(H,26,29). The second-order valence-corrected chi connectivity index (χ2v) is 6.82. The molecule has 0 atom stereocenters. The van der Waals surface area contributed by atoms with Crippen molar-refractivity contribution in [2.75, 3.05) is 33.9 Å². The number of nitrogens with one attached hydrogen (secondary N) is 1. The summed E-state index contributed by atoms with van der Waals surface area (Å²) in [7, 11) is 2.90. The normalized spacial score (nSPS) is 10.5. The third-order valence-corrected chi connectivity index (χ3v) is 4.50. The fraction of sp³-hybridized carbons (Fsp3) is 0.391. The monoisotopic (exact) mass is 466 g/mol. The van der Waals surface area contributed by atoms with Crippen LogP contribution in [-0.2, 0) is 11.3 Å². The second-order valence-electron chi connectivity index (χ2n) is 6.82. The lowest BCUT2D eigenvalue weighted by Crippen LogP contribution is -2.37. The number of hydrogen-bond acceptors (Lipinski definition) is 6. The summed E-state index contributed by atoms with van der Waals surface area (Å²) in [5.74, 6) is 0.236. The molecular formula is C23H28F2N2O6. The van der Waals surface area contributed by atoms with Crippen LogP contribution in [0.2, 0.25) is 0 Å². The van der Waals surface area contributed by atoms with Crippen LogP contribution < -0.4 is 24.3 Å². The molecule has 2 aromatic carbocycles. The molecule has 1 N–H and O–H groups in total. The van der Waals surface area contributed by atoms with E-state index in [0.717, 1.165) is 0 Å². The molecule has 2 aromatic rings. The molecule has 0 aromatic heterocycles. The van der Waals surface area contributed by atoms with Gasteiger partial charge in [0, 0.05) is 19.2 Å². The quantitative estimate of drug-likeness (QED) is 0.516. The summed E-state index contributed by atoms with van der Waals surface area (Å²) in [6.45, 7) is 1.52. The van der Waals surface area contributed by atoms with E-state index < -0.39 is 12.5 Å². The van der Waals surface area contributed by atoms with E-state index in [0.29, 0.717) is 35.8 Å². The lowest BCUT2D eigenvalue weighted by Gasteiger charge is -2.19. The van der Waals surface area contributed by atoms with Gasteiger partial charge in [-0.25, -0.2) is 0 Å². The van der Waals surface area contributed by atoms with Gasteiger partial charge in [0.2, 0.25) is 5.91 Å². The molecule has 33 heavy (non-hydrogen) atoms. The van der Waals surface area contributed by atoms with Crippen LogP contribution in [0.5, 0.6) is 23.0 Å². The van der Waals surface area contributed by atoms with Gasteiger partial charge in [0.25, 0.3) is 5.91 Å². The van der Waals surface area contributed by atoms with Crippen LogP contribution in [0.25, 0.3) is 0 Å². The number of rotatable bonds is 12. The highest BCUT2D eigenvalue weighted by Crippen LogP contribution is 2.30. The molecule has 0 aliphatic heterocycles. The first-order valence-electron chi connectivity index (χ1n) is 10.3. The van der Waals surface area contributed by atoms with Crippen molar-refractivity contribution in [2.24, 2.45) is 0 Å². The maximum Gasteiger partial charge on any atom is 0.387 e. The molecule has 0 aliphatic rings. The fourth-order valence-corrected chi connectivity index (χ4v) is 2.95. The molecule has 8 nitrogen and oxygen atoms in total. The number of alkyl halides is 2. The zero-order chi connectivity index (χ0) is 24.4. The van der Waals surface area contributed by atoms with Gasteiger partial charge in [0.15, 0.2) is 23.0 Å². The van der Waals surface area contributed by atoms with Gasteiger partial charge in [-0.1, -0.05) is 6.07 Å². The minimum Gasteiger partial charge on any atom is -0.493 e. The van der Waals surface area contributed by atoms with Crippen molar-refractivity contribution < 1.29 is 37.3 Å². The third-order valence-electron chi connectivity index (χ3n) is 4.50. The first-order chi connectivity index (χ1) is 15.8. The van der Waals surface area contributed by atoms with Crippen LogP contribution >= 0.6 is 0 Å². The highest BCUT2D eigenvalue weighted by atomic mass is 19.3. The van der Waals surface area contributed by atoms with E-state index in [1.807, 2.05) is 13.8 Å². The molecule has 10 heteroatoms. The van der Waals surface area contributed by atoms with E-state index in [9.17, 15) is 18.4 Å². The molecule has 0 saturated carbocycles. The molecule has 0 aliphatic carbocycles. The van der Waals surface area contributed by atoms with Crippen molar-refractivity contribution in [3.63, 3.8) is 0 Å². The third kappa shape index (κ3) is 7.51. The van der Waals surface area contributed by atoms with Crippen LogP contribution in [0.1, 0.15) is 29.8 Å². The molecule has 0 bridgehead atoms. The van der Waals surface area contributed by atoms with Crippen molar-refractivity contribution in [3.05, 3.63) is 47.5 Å². The number of carbonyl (C=O) groups excluding carboxylic acids is 2. The summed E-state index contributed by atoms with van der Waals surface area (Å²) in [6.07, 6.45) is 0. The Balaban J connectivity index is 1.97. The summed E-state index contributed by atoms with van der Waals surface area (Å²) in [5.41, 5.74) is 0.972. The van der Waals surface area contributed by atoms with Crippen molar-refractivity contribution in [3.8, 4) is 23.0 Å². The number of nitrogens with zero attached hydrogens (tertiary/aromatic N) is 1. The first-order valence-corrected chi connectivity index (χ1v) is 10.3. The number of methoxy groups -OCH3 is 1. The van der Waals surface area contributed by atoms with Crippen molar-refractivity contribution >= 4 is 11.8 Å². The molecule has 2 rings (SSSR count). The predicted octanol–water partition coefficient (Wildman–Crippen LogP) is 3.48. The molecule has 0 radical (unpaired) electrons. The summed E-state index contributed by atoms with van der Waals surface area (Å²) in [6, 6.07) is 9.21. The minimum atomic E-state index is -2.97. The summed E-state index contributed by atoms with van der Waals surface area (Å²) in [5, 5.41) is 2.58. The van der Waals surface area contributed by atoms with E-state index >= 15 is 0 Å². The Bertz CT molecular complexity index is 955. The lowest BCUT2D eigenvalue weighted by atomic mass is 10.2. The molecule has 2 amide bonds. The molecular weight excluding hydrogens is 438 g/mol. The van der Waals surface area contributed by atoms with E-state index in [-0.39, 0.29) is 30.5 Å². The topological polar surface area (TPSA) is 86.3 Å². The highest BCUT2D eigenvalue weighted by molar-refractivity contribution is 5.97. The Morgan fingerprint density at radius 3 is 2.27 bits per heavy atom. The average molecular weight is 466 g/mol. The second kappa shape index (κ2) is 12.5. The molecule has 180 valence electrons. The zero-order valence-corrected chi connectivity index (χ0v) is 19.0. The zero-order valence-electron chi connectivity index (χ0n) is 19.0. The summed E-state index contributed by atoms with van der Waals surface area (Å²) >= 11 is 0. The number of benzene rings is 2. The van der Waals surface area contributed by atoms with Crippen LogP contribution in [0.4, 0.5) is 8.78 Å². The Kier molecular flexibility index (Phi) is 9.71. The lowest BCUT2D eigenvalue weighted by molar-refractivity contribution is -0.129. The largest absolute Gasteiger partial charge is 0.493 e. The Morgan fingerprint density at radius 2 is 1.64 bits per heavy atom. The Morgan fingerprint density at radius 1 is 0.970 bits per heavy atom. The van der Waals surface area contributed by atoms with Gasteiger partial charge >= 0.3 is 6.61 Å². The van der Waals surface area contributed by atoms with E-state index in [1.165, 1.54) is 24.1 Å². The Labute approximate surface area is 191 Å². The molecule has 0 saturated heterocycles. The van der Waals surface area contributed by atoms with E-state index in [1.54, 1.807) is 31.3 Å². The van der Waals surface area contributed by atoms with Gasteiger partial charge in [0.1, 0.15) is 0 Å². The molecule has 0 fully saturated rings. The van der Waals surface area contributed by atoms with Gasteiger partial charge in [0.05, 0.1) is 26.9 Å². The summed E-state index contributed by atoms with van der Waals surface area (Å²) < 4.78 is 45.4. The SMILES string of the molecule is CCOc1ccc(C(=O)NCC(=O)N(C)Cc2ccc(OC(F)F)c(OC)c2)cc1OCC. The van der Waals surface area contributed by atoms with Crippen LogP contribution in [-0.4, -0.2) is 57.2 Å². The number of amides is 2. The van der Waals surface area contributed by atoms with Crippen LogP contribution in [0.15, 0.2) is 36.4 Å². The van der Waals surface area contributed by atoms with Crippen LogP contribution in [0.3, 0.4) is 0 Å². The minimum absolute atomic E-state index is 0.0979. The van der Waals surface area contributed by atoms with Crippen molar-refractivity contribution in [2.45, 2.75) is 27.0 Å². The fourth-order valence-electron chi connectivity index (χ4n) is 2.95. The first kappa shape index (κ1) is 25.7. The van der Waals surface area contributed by atoms with Gasteiger partial charge in [-0.15, -0.1) is 0 Å². The number of carbonyl (C=O) groups is 2. The van der Waals surface area contributed by atoms with Crippen molar-refractivity contribution in [1.29, 1.82) is 0 Å². The molecule has 0 spiro atoms. The Hall–Kier alpha value is -3.56. The maximum absolute atomic E-state index is 12.5. The van der Waals surface area contributed by atoms with Gasteiger partial charge < -0.3 is 29.2 Å². The molecule has 0 unspecified atom stereocenters. The maximum atomic E-state index is 12.5. The number of likely N-dealkylation sites (N-methyl/N-ethyl adjacent to an activating group) is 1. The number of halogens is 2. The van der Waals surface area contributed by atoms with Gasteiger partial charge in [-0.2, -0.15) is 8.78 Å². The van der Waals surface area contributed by atoms with Crippen LogP contribution in [0, 0.1) is 0 Å². The number of ether oxygens (including phenoxy) is 4. The predicted molar refractivity (Wildman–Crippen MR) is 117 cm³/mol. The average Bonchev–Trinajstić information content (AvgIpc) is 2.79. The smallest absolute Gasteiger partial charge is 0.387 e. The highest BCUT2D eigenvalue weighted by Gasteiger charge is 2.16. The summed E-state index contributed by atoms with van der Waals surface area (Å²) in [4.78, 5) is 26.4. The van der Waals surface area contributed by atoms with E-state index in [4.69, 9.17) is 14.2 Å². The van der Waals surface area contributed by atoms with E-state index in [2.05, 4.69) is 10.1 Å². The van der Waals surface area contributed by atoms with Gasteiger partial charge in [-0.05, 0) is 49.7 Å². The van der Waals surface area contributed by atoms with Gasteiger partial charge in [-0.3, -0.25) is 9.59 Å². The number of hydrogen-bond donors (Lipinski definition) is 1. The molecule has 0 heterocycles. The van der Waals surface area contributed by atoms with Crippen molar-refractivity contribution in [1.82, 2.24) is 10.2 Å².